The molecule has 0 aliphatic heterocycles. The molecule has 0 amide bonds. The number of aryl methyl sites for hydroxylation is 5. The van der Waals surface area contributed by atoms with E-state index in [4.69, 9.17) is 0 Å². The Morgan fingerprint density at radius 3 is 1.11 bits per heavy atom. The fraction of sp³-hybridized carbons (Fsp3) is 0.167. The van der Waals surface area contributed by atoms with Crippen LogP contribution in [0.25, 0.3) is 55.6 Å². The SMILES string of the molecule is Cc1ccc(-c2ccc(C(C)(CC(C)C)c3ccc(-c4ccc(N(c5ccc(-c6ccc(N(C)c7cccc(-c8ccc9c(c8)CC9)c7)cc6)cc5)c5cccc(-c6ccc7c(c6)CC7)c5)cc4)cc3)cc2)cc1. The van der Waals surface area contributed by atoms with Crippen molar-refractivity contribution >= 4 is 28.4 Å². The van der Waals surface area contributed by atoms with Crippen LogP contribution in [0.5, 0.6) is 0 Å². The maximum atomic E-state index is 2.42. The van der Waals surface area contributed by atoms with Crippen LogP contribution in [-0.2, 0) is 31.1 Å². The van der Waals surface area contributed by atoms with E-state index in [1.54, 1.807) is 0 Å². The lowest BCUT2D eigenvalue weighted by Gasteiger charge is -2.33. The van der Waals surface area contributed by atoms with Gasteiger partial charge in [-0.1, -0.05) is 196 Å². The minimum atomic E-state index is -0.121. The number of hydrogen-bond donors (Lipinski definition) is 0. The van der Waals surface area contributed by atoms with E-state index in [0.717, 1.165) is 29.2 Å². The number of nitrogens with zero attached hydrogens (tertiary/aromatic N) is 2. The molecule has 362 valence electrons. The fourth-order valence-electron chi connectivity index (χ4n) is 11.6. The van der Waals surface area contributed by atoms with Gasteiger partial charge in [-0.3, -0.25) is 0 Å². The molecule has 0 bridgehead atoms. The second-order valence-electron chi connectivity index (χ2n) is 21.6. The largest absolute Gasteiger partial charge is 0.345 e. The summed E-state index contributed by atoms with van der Waals surface area (Å²) in [5, 5.41) is 0. The van der Waals surface area contributed by atoms with Gasteiger partial charge in [0, 0.05) is 40.9 Å². The van der Waals surface area contributed by atoms with Gasteiger partial charge in [0.2, 0.25) is 0 Å². The van der Waals surface area contributed by atoms with E-state index >= 15 is 0 Å². The molecule has 2 heteroatoms. The van der Waals surface area contributed by atoms with E-state index in [2.05, 4.69) is 275 Å². The van der Waals surface area contributed by atoms with Crippen molar-refractivity contribution < 1.29 is 0 Å². The van der Waals surface area contributed by atoms with Crippen molar-refractivity contribution in [2.75, 3.05) is 16.8 Å². The van der Waals surface area contributed by atoms with Crippen molar-refractivity contribution in [2.24, 2.45) is 5.92 Å². The number of anilines is 5. The van der Waals surface area contributed by atoms with E-state index in [9.17, 15) is 0 Å². The van der Waals surface area contributed by atoms with Crippen LogP contribution in [0.3, 0.4) is 0 Å². The van der Waals surface area contributed by atoms with E-state index in [-0.39, 0.29) is 5.41 Å². The Morgan fingerprint density at radius 2 is 0.703 bits per heavy atom. The molecule has 0 saturated carbocycles. The Kier molecular flexibility index (Phi) is 12.5. The highest BCUT2D eigenvalue weighted by Crippen LogP contribution is 2.42. The summed E-state index contributed by atoms with van der Waals surface area (Å²) in [4.78, 5) is 4.68. The molecule has 1 unspecified atom stereocenters. The van der Waals surface area contributed by atoms with Crippen LogP contribution in [0, 0.1) is 12.8 Å². The summed E-state index contributed by atoms with van der Waals surface area (Å²) in [6.07, 6.45) is 5.81. The summed E-state index contributed by atoms with van der Waals surface area (Å²) >= 11 is 0. The number of hydrogen-bond acceptors (Lipinski definition) is 2. The quantitative estimate of drug-likeness (QED) is 0.107. The zero-order valence-electron chi connectivity index (χ0n) is 43.4. The molecule has 0 heterocycles. The molecule has 2 nitrogen and oxygen atoms in total. The van der Waals surface area contributed by atoms with Gasteiger partial charge in [0.1, 0.15) is 0 Å². The first-order valence-corrected chi connectivity index (χ1v) is 26.7. The molecule has 0 saturated heterocycles. The van der Waals surface area contributed by atoms with Crippen molar-refractivity contribution in [3.8, 4) is 55.6 Å². The molecule has 12 rings (SSSR count). The molecule has 0 aromatic heterocycles. The first-order chi connectivity index (χ1) is 36.1. The Balaban J connectivity index is 0.813. The average Bonchev–Trinajstić information content (AvgIpc) is 3.42. The van der Waals surface area contributed by atoms with Crippen molar-refractivity contribution in [1.29, 1.82) is 0 Å². The first-order valence-electron chi connectivity index (χ1n) is 26.7. The van der Waals surface area contributed by atoms with E-state index in [0.29, 0.717) is 5.92 Å². The number of fused-ring (bicyclic) bond motifs is 2. The highest BCUT2D eigenvalue weighted by atomic mass is 15.1. The molecule has 2 aliphatic rings. The molecular formula is C72H64N2. The molecular weight excluding hydrogens is 893 g/mol. The van der Waals surface area contributed by atoms with Gasteiger partial charge in [-0.15, -0.1) is 0 Å². The summed E-state index contributed by atoms with van der Waals surface area (Å²) in [6, 6.07) is 86.5. The van der Waals surface area contributed by atoms with Gasteiger partial charge in [-0.25, -0.2) is 0 Å². The summed E-state index contributed by atoms with van der Waals surface area (Å²) in [5.41, 5.74) is 27.8. The zero-order valence-corrected chi connectivity index (χ0v) is 43.4. The second-order valence-corrected chi connectivity index (χ2v) is 21.6. The predicted molar refractivity (Wildman–Crippen MR) is 315 cm³/mol. The zero-order chi connectivity index (χ0) is 50.3. The molecule has 74 heavy (non-hydrogen) atoms. The molecule has 10 aromatic rings. The van der Waals surface area contributed by atoms with Crippen LogP contribution in [0.2, 0.25) is 0 Å². The highest BCUT2D eigenvalue weighted by molar-refractivity contribution is 5.83. The molecule has 0 radical (unpaired) electrons. The smallest absolute Gasteiger partial charge is 0.0467 e. The maximum Gasteiger partial charge on any atom is 0.0467 e. The molecule has 0 N–H and O–H groups in total. The Labute approximate surface area is 439 Å². The van der Waals surface area contributed by atoms with Gasteiger partial charge in [-0.05, 0) is 195 Å². The first kappa shape index (κ1) is 46.8. The van der Waals surface area contributed by atoms with Crippen molar-refractivity contribution in [2.45, 2.75) is 65.2 Å². The molecule has 1 atom stereocenters. The third-order valence-corrected chi connectivity index (χ3v) is 16.2. The molecule has 10 aromatic carbocycles. The Hall–Kier alpha value is -8.20. The van der Waals surface area contributed by atoms with Crippen molar-refractivity contribution in [3.05, 3.63) is 269 Å². The van der Waals surface area contributed by atoms with Crippen molar-refractivity contribution in [3.63, 3.8) is 0 Å². The van der Waals surface area contributed by atoms with Gasteiger partial charge in [-0.2, -0.15) is 0 Å². The Bertz CT molecular complexity index is 3600. The molecule has 0 fully saturated rings. The van der Waals surface area contributed by atoms with Crippen LogP contribution < -0.4 is 9.80 Å². The molecule has 2 aliphatic carbocycles. The topological polar surface area (TPSA) is 6.48 Å². The Morgan fingerprint density at radius 1 is 0.351 bits per heavy atom. The van der Waals surface area contributed by atoms with Crippen LogP contribution in [-0.4, -0.2) is 7.05 Å². The van der Waals surface area contributed by atoms with Gasteiger partial charge in [0.15, 0.2) is 0 Å². The fourth-order valence-corrected chi connectivity index (χ4v) is 11.6. The summed E-state index contributed by atoms with van der Waals surface area (Å²) in [5.74, 6) is 0.539. The summed E-state index contributed by atoms with van der Waals surface area (Å²) in [7, 11) is 2.16. The molecule has 0 spiro atoms. The lowest BCUT2D eigenvalue weighted by molar-refractivity contribution is 0.427. The van der Waals surface area contributed by atoms with E-state index < -0.39 is 0 Å². The van der Waals surface area contributed by atoms with Crippen LogP contribution >= 0.6 is 0 Å². The van der Waals surface area contributed by atoms with Gasteiger partial charge in [0.05, 0.1) is 0 Å². The summed E-state index contributed by atoms with van der Waals surface area (Å²) < 4.78 is 0. The lowest BCUT2D eigenvalue weighted by atomic mass is 9.70. The van der Waals surface area contributed by atoms with Crippen LogP contribution in [0.15, 0.2) is 231 Å². The second kappa shape index (κ2) is 19.7. The van der Waals surface area contributed by atoms with Crippen molar-refractivity contribution in [1.82, 2.24) is 0 Å². The standard InChI is InChI=1S/C72H64N2/c1-49(2)48-72(4,65-34-24-52(25-35-65)51-14-12-50(3)13-15-51)66-36-26-53(27-37-66)55-30-40-68(41-31-55)74(71-11-7-9-60(47-71)64-23-19-58-17-21-62(58)45-64)69-42-32-56(33-43-69)54-28-38-67(39-29-54)73(5)70-10-6-8-59(46-70)63-22-18-57-16-20-61(57)44-63/h6-15,18-19,22-47,49H,16-17,20-21,48H2,1-5H3. The van der Waals surface area contributed by atoms with Crippen LogP contribution in [0.1, 0.15) is 66.1 Å². The average molecular weight is 957 g/mol. The minimum Gasteiger partial charge on any atom is -0.345 e. The third kappa shape index (κ3) is 9.26. The van der Waals surface area contributed by atoms with E-state index in [1.807, 2.05) is 0 Å². The van der Waals surface area contributed by atoms with Crippen LogP contribution in [0.4, 0.5) is 28.4 Å². The van der Waals surface area contributed by atoms with Gasteiger partial charge in [0.25, 0.3) is 0 Å². The van der Waals surface area contributed by atoms with Gasteiger partial charge >= 0.3 is 0 Å². The van der Waals surface area contributed by atoms with Gasteiger partial charge < -0.3 is 9.80 Å². The normalized spacial score (nSPS) is 13.3. The van der Waals surface area contributed by atoms with E-state index in [1.165, 1.54) is 126 Å². The lowest BCUT2D eigenvalue weighted by Crippen LogP contribution is -2.25. The summed E-state index contributed by atoms with van der Waals surface area (Å²) in [6.45, 7) is 9.23. The number of benzene rings is 10. The monoisotopic (exact) mass is 957 g/mol. The number of rotatable bonds is 14. The predicted octanol–water partition coefficient (Wildman–Crippen LogP) is 19.1. The maximum absolute atomic E-state index is 2.42. The third-order valence-electron chi connectivity index (χ3n) is 16.2. The minimum absolute atomic E-state index is 0.121. The highest BCUT2D eigenvalue weighted by Gasteiger charge is 2.30.